The van der Waals surface area contributed by atoms with Gasteiger partial charge in [0.1, 0.15) is 0 Å². The maximum absolute atomic E-state index is 8.57. The molecule has 0 aliphatic carbocycles. The zero-order chi connectivity index (χ0) is 5.41. The van der Waals surface area contributed by atoms with Crippen molar-refractivity contribution in [3.05, 3.63) is 0 Å². The third-order valence-corrected chi connectivity index (χ3v) is 0. The van der Waals surface area contributed by atoms with Crippen molar-refractivity contribution in [3.8, 4) is 0 Å². The van der Waals surface area contributed by atoms with Crippen LogP contribution in [0.5, 0.6) is 0 Å². The summed E-state index contributed by atoms with van der Waals surface area (Å²) in [6.07, 6.45) is 0. The SMILES string of the molecule is CCO.O=[PH2]O. The normalized spacial score (nSPS) is 7.83. The van der Waals surface area contributed by atoms with Gasteiger partial charge in [-0.2, -0.15) is 0 Å². The van der Waals surface area contributed by atoms with E-state index in [1.165, 1.54) is 0 Å². The van der Waals surface area contributed by atoms with Gasteiger partial charge in [-0.3, -0.25) is 4.57 Å². The molecule has 0 spiro atoms. The van der Waals surface area contributed by atoms with Crippen LogP contribution in [0.3, 0.4) is 0 Å². The second kappa shape index (κ2) is 19.2. The summed E-state index contributed by atoms with van der Waals surface area (Å²) in [7, 11) is -1.50. The highest BCUT2D eigenvalue weighted by Gasteiger charge is 1.34. The van der Waals surface area contributed by atoms with Crippen LogP contribution in [-0.2, 0) is 4.57 Å². The van der Waals surface area contributed by atoms with E-state index in [1.54, 1.807) is 6.92 Å². The lowest BCUT2D eigenvalue weighted by molar-refractivity contribution is 0.318. The summed E-state index contributed by atoms with van der Waals surface area (Å²) in [6.45, 7) is 1.93. The zero-order valence-corrected chi connectivity index (χ0v) is 4.74. The van der Waals surface area contributed by atoms with Gasteiger partial charge in [-0.25, -0.2) is 0 Å². The number of aliphatic hydroxyl groups is 1. The van der Waals surface area contributed by atoms with Crippen molar-refractivity contribution in [2.45, 2.75) is 6.92 Å². The minimum Gasteiger partial charge on any atom is -0.397 e. The van der Waals surface area contributed by atoms with Gasteiger partial charge >= 0.3 is 0 Å². The van der Waals surface area contributed by atoms with Crippen LogP contribution in [0.15, 0.2) is 0 Å². The first-order valence-electron chi connectivity index (χ1n) is 1.52. The van der Waals surface area contributed by atoms with E-state index in [4.69, 9.17) is 14.6 Å². The van der Waals surface area contributed by atoms with Crippen LogP contribution in [-0.4, -0.2) is 16.6 Å². The maximum Gasteiger partial charge on any atom is 0.177 e. The molecule has 0 saturated heterocycles. The molecular formula is C2H9O3P. The summed E-state index contributed by atoms with van der Waals surface area (Å²) in [5.41, 5.74) is 0. The van der Waals surface area contributed by atoms with Crippen molar-refractivity contribution >= 4 is 8.69 Å². The predicted octanol–water partition coefficient (Wildman–Crippen LogP) is -0.351. The molecule has 3 nitrogen and oxygen atoms in total. The van der Waals surface area contributed by atoms with Gasteiger partial charge in [-0.1, -0.05) is 0 Å². The molecule has 0 aromatic heterocycles. The van der Waals surface area contributed by atoms with Gasteiger partial charge in [0.25, 0.3) is 0 Å². The summed E-state index contributed by atoms with van der Waals surface area (Å²) >= 11 is 0. The molecule has 0 saturated carbocycles. The average Bonchev–Trinajstić information content (AvgIpc) is 1.39. The smallest absolute Gasteiger partial charge is 0.177 e. The van der Waals surface area contributed by atoms with Crippen molar-refractivity contribution in [1.29, 1.82) is 0 Å². The molecule has 0 amide bonds. The van der Waals surface area contributed by atoms with E-state index < -0.39 is 8.69 Å². The summed E-state index contributed by atoms with van der Waals surface area (Å²) in [5, 5.41) is 7.57. The predicted molar refractivity (Wildman–Crippen MR) is 25.4 cm³/mol. The van der Waals surface area contributed by atoms with Crippen molar-refractivity contribution in [1.82, 2.24) is 0 Å². The second-order valence-electron chi connectivity index (χ2n) is 0.422. The van der Waals surface area contributed by atoms with Gasteiger partial charge in [0.15, 0.2) is 8.69 Å². The zero-order valence-electron chi connectivity index (χ0n) is 3.59. The molecular weight excluding hydrogens is 103 g/mol. The number of hydrogen-bond donors (Lipinski definition) is 2. The molecule has 0 rings (SSSR count). The molecule has 2 N–H and O–H groups in total. The highest BCUT2D eigenvalue weighted by molar-refractivity contribution is 7.16. The van der Waals surface area contributed by atoms with Crippen LogP contribution in [0.2, 0.25) is 0 Å². The minimum absolute atomic E-state index is 0.250. The molecule has 4 heteroatoms. The lowest BCUT2D eigenvalue weighted by Gasteiger charge is -1.52. The molecule has 0 aromatic carbocycles. The van der Waals surface area contributed by atoms with Gasteiger partial charge in [0, 0.05) is 6.61 Å². The standard InChI is InChI=1S/C2H6O.H3O2P/c1-2-3;1-3-2/h3H,2H2,1H3;3H2,(H,1,2). The Kier molecular flexibility index (Phi) is 30.3. The largest absolute Gasteiger partial charge is 0.397 e. The van der Waals surface area contributed by atoms with E-state index >= 15 is 0 Å². The van der Waals surface area contributed by atoms with Crippen LogP contribution in [0, 0.1) is 0 Å². The Morgan fingerprint density at radius 3 is 1.83 bits per heavy atom. The van der Waals surface area contributed by atoms with Gasteiger partial charge in [-0.05, 0) is 6.92 Å². The molecule has 40 valence electrons. The number of hydrogen-bond acceptors (Lipinski definition) is 2. The van der Waals surface area contributed by atoms with E-state index in [-0.39, 0.29) is 6.61 Å². The molecule has 0 aliphatic rings. The molecule has 0 bridgehead atoms. The fourth-order valence-electron chi connectivity index (χ4n) is 0. The molecule has 0 aromatic rings. The van der Waals surface area contributed by atoms with Crippen LogP contribution in [0.25, 0.3) is 0 Å². The van der Waals surface area contributed by atoms with Gasteiger partial charge in [0.2, 0.25) is 0 Å². The quantitative estimate of drug-likeness (QED) is 0.421. The van der Waals surface area contributed by atoms with E-state index in [9.17, 15) is 0 Å². The fourth-order valence-corrected chi connectivity index (χ4v) is 0. The molecule has 6 heavy (non-hydrogen) atoms. The Labute approximate surface area is 37.9 Å². The maximum atomic E-state index is 8.57. The average molecular weight is 112 g/mol. The first-order valence-corrected chi connectivity index (χ1v) is 2.51. The van der Waals surface area contributed by atoms with Crippen LogP contribution in [0.4, 0.5) is 0 Å². The Bertz CT molecular complexity index is 22.8. The van der Waals surface area contributed by atoms with E-state index in [2.05, 4.69) is 0 Å². The van der Waals surface area contributed by atoms with E-state index in [0.717, 1.165) is 0 Å². The third-order valence-electron chi connectivity index (χ3n) is 0. The third kappa shape index (κ3) is 1830. The van der Waals surface area contributed by atoms with Crippen molar-refractivity contribution in [2.24, 2.45) is 0 Å². The molecule has 1 atom stereocenters. The lowest BCUT2D eigenvalue weighted by Crippen LogP contribution is -1.57. The Hall–Kier alpha value is 0.150. The monoisotopic (exact) mass is 112 g/mol. The summed E-state index contributed by atoms with van der Waals surface area (Å²) in [4.78, 5) is 7.10. The summed E-state index contributed by atoms with van der Waals surface area (Å²) in [5.74, 6) is 0. The highest BCUT2D eigenvalue weighted by atomic mass is 31.1. The lowest BCUT2D eigenvalue weighted by atomic mass is 10.9. The topological polar surface area (TPSA) is 57.5 Å². The minimum atomic E-state index is -1.50. The molecule has 1 unspecified atom stereocenters. The van der Waals surface area contributed by atoms with Gasteiger partial charge < -0.3 is 10.00 Å². The summed E-state index contributed by atoms with van der Waals surface area (Å²) in [6, 6.07) is 0. The highest BCUT2D eigenvalue weighted by Crippen LogP contribution is 1.66. The van der Waals surface area contributed by atoms with Crippen molar-refractivity contribution < 1.29 is 14.6 Å². The number of aliphatic hydroxyl groups excluding tert-OH is 1. The second-order valence-corrected chi connectivity index (χ2v) is 0.632. The van der Waals surface area contributed by atoms with Crippen molar-refractivity contribution in [2.75, 3.05) is 6.61 Å². The summed E-state index contributed by atoms with van der Waals surface area (Å²) < 4.78 is 8.57. The Morgan fingerprint density at radius 2 is 1.83 bits per heavy atom. The van der Waals surface area contributed by atoms with Gasteiger partial charge in [-0.15, -0.1) is 0 Å². The first kappa shape index (κ1) is 9.47. The van der Waals surface area contributed by atoms with Crippen LogP contribution >= 0.6 is 8.69 Å². The Balaban J connectivity index is 0. The molecule has 0 aliphatic heterocycles. The first-order chi connectivity index (χ1) is 2.83. The van der Waals surface area contributed by atoms with Crippen LogP contribution < -0.4 is 0 Å². The van der Waals surface area contributed by atoms with E-state index in [0.29, 0.717) is 0 Å². The van der Waals surface area contributed by atoms with Gasteiger partial charge in [0.05, 0.1) is 0 Å². The Morgan fingerprint density at radius 1 is 1.83 bits per heavy atom. The molecule has 0 fully saturated rings. The van der Waals surface area contributed by atoms with E-state index in [1.807, 2.05) is 0 Å². The fraction of sp³-hybridized carbons (Fsp3) is 1.00. The van der Waals surface area contributed by atoms with Crippen LogP contribution in [0.1, 0.15) is 6.92 Å². The molecule has 0 heterocycles. The molecule has 0 radical (unpaired) electrons. The van der Waals surface area contributed by atoms with Crippen molar-refractivity contribution in [3.63, 3.8) is 0 Å². The number of rotatable bonds is 0.